The Morgan fingerprint density at radius 1 is 1.38 bits per heavy atom. The number of carboxylic acids is 1. The predicted molar refractivity (Wildman–Crippen MR) is 81.6 cm³/mol. The second kappa shape index (κ2) is 5.85. The molecule has 0 aliphatic carbocycles. The molecule has 0 unspecified atom stereocenters. The minimum Gasteiger partial charge on any atom is -0.478 e. The highest BCUT2D eigenvalue weighted by Crippen LogP contribution is 2.30. The zero-order valence-corrected chi connectivity index (χ0v) is 12.6. The summed E-state index contributed by atoms with van der Waals surface area (Å²) in [7, 11) is 0. The average Bonchev–Trinajstić information content (AvgIpc) is 2.42. The average molecular weight is 290 g/mol. The first-order valence-electron chi connectivity index (χ1n) is 7.24. The molecule has 3 N–H and O–H groups in total. The van der Waals surface area contributed by atoms with Crippen molar-refractivity contribution in [1.82, 2.24) is 0 Å². The van der Waals surface area contributed by atoms with Crippen LogP contribution in [-0.4, -0.2) is 29.1 Å². The van der Waals surface area contributed by atoms with E-state index in [1.54, 1.807) is 17.0 Å². The van der Waals surface area contributed by atoms with Gasteiger partial charge in [-0.2, -0.15) is 0 Å². The number of rotatable bonds is 4. The van der Waals surface area contributed by atoms with Gasteiger partial charge in [-0.15, -0.1) is 0 Å². The van der Waals surface area contributed by atoms with E-state index in [1.165, 1.54) is 0 Å². The van der Waals surface area contributed by atoms with Gasteiger partial charge >= 0.3 is 5.97 Å². The van der Waals surface area contributed by atoms with Crippen LogP contribution in [0.5, 0.6) is 0 Å². The Hall–Kier alpha value is -1.88. The summed E-state index contributed by atoms with van der Waals surface area (Å²) >= 11 is 0. The Labute approximate surface area is 124 Å². The standard InChI is InChI=1S/C16H22N2O3/c1-16(2,17)9-8-14(19)18-10-4-6-11-12(15(20)21)5-3-7-13(11)18/h3,5,7H,4,6,8-10,17H2,1-2H3,(H,20,21). The number of carbonyl (C=O) groups is 2. The van der Waals surface area contributed by atoms with Crippen molar-refractivity contribution < 1.29 is 14.7 Å². The van der Waals surface area contributed by atoms with Gasteiger partial charge in [0, 0.05) is 24.2 Å². The Kier molecular flexibility index (Phi) is 4.32. The molecule has 0 saturated heterocycles. The molecule has 114 valence electrons. The van der Waals surface area contributed by atoms with Gasteiger partial charge in [-0.25, -0.2) is 4.79 Å². The number of hydrogen-bond acceptors (Lipinski definition) is 3. The highest BCUT2D eigenvalue weighted by Gasteiger charge is 2.26. The number of nitrogens with two attached hydrogens (primary N) is 1. The zero-order chi connectivity index (χ0) is 15.6. The van der Waals surface area contributed by atoms with Crippen molar-refractivity contribution in [2.75, 3.05) is 11.4 Å². The van der Waals surface area contributed by atoms with E-state index in [4.69, 9.17) is 5.73 Å². The molecule has 1 heterocycles. The molecule has 0 aromatic heterocycles. The van der Waals surface area contributed by atoms with Gasteiger partial charge in [-0.1, -0.05) is 6.07 Å². The molecule has 1 aromatic carbocycles. The van der Waals surface area contributed by atoms with Crippen LogP contribution >= 0.6 is 0 Å². The third kappa shape index (κ3) is 3.61. The summed E-state index contributed by atoms with van der Waals surface area (Å²) in [5, 5.41) is 9.26. The van der Waals surface area contributed by atoms with Crippen molar-refractivity contribution in [1.29, 1.82) is 0 Å². The molecule has 0 atom stereocenters. The van der Waals surface area contributed by atoms with Gasteiger partial charge in [-0.3, -0.25) is 4.79 Å². The number of nitrogens with zero attached hydrogens (tertiary/aromatic N) is 1. The van der Waals surface area contributed by atoms with E-state index in [2.05, 4.69) is 0 Å². The van der Waals surface area contributed by atoms with Gasteiger partial charge in [0.25, 0.3) is 0 Å². The van der Waals surface area contributed by atoms with Crippen LogP contribution in [0.1, 0.15) is 49.0 Å². The van der Waals surface area contributed by atoms with Crippen molar-refractivity contribution in [3.8, 4) is 0 Å². The molecule has 1 amide bonds. The second-order valence-electron chi connectivity index (χ2n) is 6.25. The number of benzene rings is 1. The maximum Gasteiger partial charge on any atom is 0.336 e. The third-order valence-corrected chi connectivity index (χ3v) is 3.77. The molecular weight excluding hydrogens is 268 g/mol. The first kappa shape index (κ1) is 15.5. The first-order chi connectivity index (χ1) is 9.79. The van der Waals surface area contributed by atoms with Crippen molar-refractivity contribution >= 4 is 17.6 Å². The van der Waals surface area contributed by atoms with E-state index in [0.29, 0.717) is 31.4 Å². The number of fused-ring (bicyclic) bond motifs is 1. The SMILES string of the molecule is CC(C)(N)CCC(=O)N1CCCc2c(C(=O)O)cccc21. The van der Waals surface area contributed by atoms with E-state index in [0.717, 1.165) is 17.7 Å². The smallest absolute Gasteiger partial charge is 0.336 e. The van der Waals surface area contributed by atoms with E-state index in [9.17, 15) is 14.7 Å². The lowest BCUT2D eigenvalue weighted by Crippen LogP contribution is -2.39. The van der Waals surface area contributed by atoms with Gasteiger partial charge in [0.1, 0.15) is 0 Å². The fourth-order valence-electron chi connectivity index (χ4n) is 2.65. The summed E-state index contributed by atoms with van der Waals surface area (Å²) in [6.45, 7) is 4.43. The van der Waals surface area contributed by atoms with Gasteiger partial charge in [0.15, 0.2) is 0 Å². The van der Waals surface area contributed by atoms with Crippen LogP contribution in [0.2, 0.25) is 0 Å². The number of aromatic carboxylic acids is 1. The molecule has 1 aliphatic rings. The number of anilines is 1. The summed E-state index contributed by atoms with van der Waals surface area (Å²) in [4.78, 5) is 25.4. The van der Waals surface area contributed by atoms with Crippen molar-refractivity contribution in [2.45, 2.75) is 45.1 Å². The molecule has 0 radical (unpaired) electrons. The second-order valence-corrected chi connectivity index (χ2v) is 6.25. The van der Waals surface area contributed by atoms with Crippen molar-refractivity contribution in [2.24, 2.45) is 5.73 Å². The number of amides is 1. The lowest BCUT2D eigenvalue weighted by molar-refractivity contribution is -0.119. The van der Waals surface area contributed by atoms with Gasteiger partial charge < -0.3 is 15.7 Å². The summed E-state index contributed by atoms with van der Waals surface area (Å²) < 4.78 is 0. The fraction of sp³-hybridized carbons (Fsp3) is 0.500. The van der Waals surface area contributed by atoms with Gasteiger partial charge in [0.2, 0.25) is 5.91 Å². The Morgan fingerprint density at radius 3 is 2.71 bits per heavy atom. The molecule has 1 aliphatic heterocycles. The normalized spacial score (nSPS) is 14.7. The number of hydrogen-bond donors (Lipinski definition) is 2. The largest absolute Gasteiger partial charge is 0.478 e. The molecule has 0 saturated carbocycles. The van der Waals surface area contributed by atoms with Crippen molar-refractivity contribution in [3.05, 3.63) is 29.3 Å². The summed E-state index contributed by atoms with van der Waals surface area (Å²) in [6.07, 6.45) is 2.47. The van der Waals surface area contributed by atoms with Crippen LogP contribution in [0, 0.1) is 0 Å². The quantitative estimate of drug-likeness (QED) is 0.890. The van der Waals surface area contributed by atoms with Crippen LogP contribution in [0.25, 0.3) is 0 Å². The van der Waals surface area contributed by atoms with Crippen LogP contribution in [0.15, 0.2) is 18.2 Å². The molecule has 1 aromatic rings. The monoisotopic (exact) mass is 290 g/mol. The van der Waals surface area contributed by atoms with Gasteiger partial charge in [-0.05, 0) is 50.8 Å². The highest BCUT2D eigenvalue weighted by molar-refractivity contribution is 5.98. The van der Waals surface area contributed by atoms with E-state index in [-0.39, 0.29) is 11.4 Å². The Balaban J connectivity index is 2.24. The zero-order valence-electron chi connectivity index (χ0n) is 12.6. The fourth-order valence-corrected chi connectivity index (χ4v) is 2.65. The molecule has 2 rings (SSSR count). The molecule has 0 fully saturated rings. The predicted octanol–water partition coefficient (Wildman–Crippen LogP) is 2.18. The molecule has 21 heavy (non-hydrogen) atoms. The lowest BCUT2D eigenvalue weighted by atomic mass is 9.95. The van der Waals surface area contributed by atoms with Crippen LogP contribution in [-0.2, 0) is 11.2 Å². The van der Waals surface area contributed by atoms with Crippen LogP contribution in [0.3, 0.4) is 0 Å². The first-order valence-corrected chi connectivity index (χ1v) is 7.24. The Bertz CT molecular complexity index is 561. The highest BCUT2D eigenvalue weighted by atomic mass is 16.4. The maximum absolute atomic E-state index is 12.4. The molecule has 0 spiro atoms. The summed E-state index contributed by atoms with van der Waals surface area (Å²) in [5.41, 5.74) is 7.34. The minimum absolute atomic E-state index is 0.0111. The minimum atomic E-state index is -0.941. The summed E-state index contributed by atoms with van der Waals surface area (Å²) in [6, 6.07) is 5.12. The third-order valence-electron chi connectivity index (χ3n) is 3.77. The molecule has 5 nitrogen and oxygen atoms in total. The molecular formula is C16H22N2O3. The summed E-state index contributed by atoms with van der Waals surface area (Å²) in [5.74, 6) is -0.929. The Morgan fingerprint density at radius 2 is 2.10 bits per heavy atom. The van der Waals surface area contributed by atoms with Crippen LogP contribution < -0.4 is 10.6 Å². The number of carbonyl (C=O) groups excluding carboxylic acids is 1. The number of carboxylic acid groups (broad SMARTS) is 1. The maximum atomic E-state index is 12.4. The molecule has 0 bridgehead atoms. The van der Waals surface area contributed by atoms with Gasteiger partial charge in [0.05, 0.1) is 5.56 Å². The topological polar surface area (TPSA) is 83.6 Å². The van der Waals surface area contributed by atoms with E-state index < -0.39 is 5.97 Å². The lowest BCUT2D eigenvalue weighted by Gasteiger charge is -2.31. The van der Waals surface area contributed by atoms with E-state index in [1.807, 2.05) is 19.9 Å². The van der Waals surface area contributed by atoms with E-state index >= 15 is 0 Å². The molecule has 5 heteroatoms. The van der Waals surface area contributed by atoms with Crippen molar-refractivity contribution in [3.63, 3.8) is 0 Å². The van der Waals surface area contributed by atoms with Crippen LogP contribution in [0.4, 0.5) is 5.69 Å².